The lowest BCUT2D eigenvalue weighted by atomic mass is 10.2. The summed E-state index contributed by atoms with van der Waals surface area (Å²) in [6.45, 7) is 2.01. The van der Waals surface area contributed by atoms with Crippen LogP contribution >= 0.6 is 12.4 Å². The zero-order valence-corrected chi connectivity index (χ0v) is 13.2. The molecule has 1 unspecified atom stereocenters. The van der Waals surface area contributed by atoms with Gasteiger partial charge in [0.2, 0.25) is 0 Å². The van der Waals surface area contributed by atoms with Crippen molar-refractivity contribution in [2.24, 2.45) is 11.7 Å². The number of aromatic nitrogens is 2. The van der Waals surface area contributed by atoms with Gasteiger partial charge in [0.1, 0.15) is 5.56 Å². The Bertz CT molecular complexity index is 585. The van der Waals surface area contributed by atoms with E-state index in [2.05, 4.69) is 14.9 Å². The monoisotopic (exact) mass is 338 g/mol. The summed E-state index contributed by atoms with van der Waals surface area (Å²) in [5, 5.41) is 5.66. The topological polar surface area (TPSA) is 127 Å². The van der Waals surface area contributed by atoms with Gasteiger partial charge in [-0.3, -0.25) is 5.10 Å². The van der Waals surface area contributed by atoms with Crippen LogP contribution in [0.4, 0.5) is 0 Å². The molecule has 1 heterocycles. The summed E-state index contributed by atoms with van der Waals surface area (Å²) in [6.07, 6.45) is 3.05. The number of rotatable bonds is 7. The van der Waals surface area contributed by atoms with E-state index in [1.54, 1.807) is 6.92 Å². The molecule has 1 fully saturated rings. The number of nitrogens with two attached hydrogens (primary N) is 1. The summed E-state index contributed by atoms with van der Waals surface area (Å²) in [5.41, 5.74) is 5.47. The van der Waals surface area contributed by atoms with Gasteiger partial charge >= 0.3 is 5.97 Å². The molecule has 0 spiro atoms. The lowest BCUT2D eigenvalue weighted by Gasteiger charge is -2.15. The zero-order chi connectivity index (χ0) is 14.8. The van der Waals surface area contributed by atoms with Crippen molar-refractivity contribution in [1.82, 2.24) is 14.9 Å². The lowest BCUT2D eigenvalue weighted by molar-refractivity contribution is 0.0522. The molecule has 0 radical (unpaired) electrons. The maximum absolute atomic E-state index is 12.3. The Morgan fingerprint density at radius 3 is 2.81 bits per heavy atom. The van der Waals surface area contributed by atoms with E-state index in [-0.39, 0.29) is 48.1 Å². The van der Waals surface area contributed by atoms with E-state index in [1.165, 1.54) is 0 Å². The Balaban J connectivity index is 0.00000220. The number of aromatic amines is 1. The fraction of sp³-hybridized carbons (Fsp3) is 0.636. The first-order valence-electron chi connectivity index (χ1n) is 6.42. The Morgan fingerprint density at radius 2 is 2.29 bits per heavy atom. The zero-order valence-electron chi connectivity index (χ0n) is 11.5. The summed E-state index contributed by atoms with van der Waals surface area (Å²) in [4.78, 5) is 11.7. The van der Waals surface area contributed by atoms with E-state index in [1.807, 2.05) is 0 Å². The summed E-state index contributed by atoms with van der Waals surface area (Å²) in [5.74, 6) is -0.457. The number of nitrogens with one attached hydrogen (secondary N) is 2. The van der Waals surface area contributed by atoms with Crippen molar-refractivity contribution in [3.8, 4) is 0 Å². The fourth-order valence-electron chi connectivity index (χ4n) is 1.93. The maximum Gasteiger partial charge on any atom is 0.342 e. The van der Waals surface area contributed by atoms with Gasteiger partial charge in [0.15, 0.2) is 5.03 Å². The largest absolute Gasteiger partial charge is 0.462 e. The number of halogens is 1. The molecule has 0 aromatic carbocycles. The molecule has 1 saturated carbocycles. The van der Waals surface area contributed by atoms with Crippen molar-refractivity contribution in [2.75, 3.05) is 13.2 Å². The van der Waals surface area contributed by atoms with Gasteiger partial charge in [-0.05, 0) is 25.7 Å². The Labute approximate surface area is 129 Å². The van der Waals surface area contributed by atoms with Crippen LogP contribution in [0, 0.1) is 5.92 Å². The van der Waals surface area contributed by atoms with Crippen LogP contribution in [0.5, 0.6) is 0 Å². The van der Waals surface area contributed by atoms with E-state index >= 15 is 0 Å². The third-order valence-corrected chi connectivity index (χ3v) is 4.58. The molecular weight excluding hydrogens is 320 g/mol. The second kappa shape index (κ2) is 7.21. The highest BCUT2D eigenvalue weighted by Gasteiger charge is 2.35. The van der Waals surface area contributed by atoms with E-state index in [0.717, 1.165) is 19.0 Å². The van der Waals surface area contributed by atoms with Crippen LogP contribution in [0.3, 0.4) is 0 Å². The predicted octanol–water partition coefficient (Wildman–Crippen LogP) is 0.0238. The molecule has 120 valence electrons. The highest BCUT2D eigenvalue weighted by atomic mass is 35.5. The van der Waals surface area contributed by atoms with Crippen molar-refractivity contribution >= 4 is 28.4 Å². The van der Waals surface area contributed by atoms with Crippen molar-refractivity contribution < 1.29 is 17.9 Å². The number of ether oxygens (including phenoxy) is 1. The van der Waals surface area contributed by atoms with Crippen molar-refractivity contribution in [1.29, 1.82) is 0 Å². The molecule has 0 amide bonds. The van der Waals surface area contributed by atoms with E-state index in [4.69, 9.17) is 10.5 Å². The van der Waals surface area contributed by atoms with Crippen LogP contribution in [-0.4, -0.2) is 43.8 Å². The molecule has 21 heavy (non-hydrogen) atoms. The summed E-state index contributed by atoms with van der Waals surface area (Å²) in [6, 6.07) is -0.321. The third kappa shape index (κ3) is 4.16. The fourth-order valence-corrected chi connectivity index (χ4v) is 3.33. The highest BCUT2D eigenvalue weighted by molar-refractivity contribution is 7.89. The van der Waals surface area contributed by atoms with Gasteiger partial charge in [0, 0.05) is 12.6 Å². The molecule has 1 aliphatic rings. The van der Waals surface area contributed by atoms with Crippen molar-refractivity contribution in [3.63, 3.8) is 0 Å². The number of carbonyl (C=O) groups excluding carboxylic acids is 1. The van der Waals surface area contributed by atoms with Crippen LogP contribution in [0.15, 0.2) is 11.2 Å². The molecule has 2 rings (SSSR count). The second-order valence-electron chi connectivity index (χ2n) is 4.63. The van der Waals surface area contributed by atoms with Gasteiger partial charge in [-0.1, -0.05) is 0 Å². The van der Waals surface area contributed by atoms with Crippen LogP contribution in [0.1, 0.15) is 30.1 Å². The van der Waals surface area contributed by atoms with E-state index < -0.39 is 16.0 Å². The Hall–Kier alpha value is -1.16. The quantitative estimate of drug-likeness (QED) is 0.601. The molecule has 0 bridgehead atoms. The highest BCUT2D eigenvalue weighted by Crippen LogP contribution is 2.32. The molecule has 8 nitrogen and oxygen atoms in total. The first-order chi connectivity index (χ1) is 9.49. The van der Waals surface area contributed by atoms with Gasteiger partial charge in [0.05, 0.1) is 12.8 Å². The average Bonchev–Trinajstić information content (AvgIpc) is 3.11. The normalized spacial score (nSPS) is 16.1. The van der Waals surface area contributed by atoms with Crippen molar-refractivity contribution in [3.05, 3.63) is 11.8 Å². The third-order valence-electron chi connectivity index (χ3n) is 3.12. The minimum Gasteiger partial charge on any atom is -0.462 e. The van der Waals surface area contributed by atoms with E-state index in [9.17, 15) is 13.2 Å². The average molecular weight is 339 g/mol. The molecule has 0 aliphatic heterocycles. The Morgan fingerprint density at radius 1 is 1.62 bits per heavy atom. The number of H-pyrrole nitrogens is 1. The maximum atomic E-state index is 12.3. The van der Waals surface area contributed by atoms with E-state index in [0.29, 0.717) is 0 Å². The van der Waals surface area contributed by atoms with Crippen LogP contribution in [0.25, 0.3) is 0 Å². The van der Waals surface area contributed by atoms with Crippen LogP contribution < -0.4 is 10.5 Å². The summed E-state index contributed by atoms with van der Waals surface area (Å²) < 4.78 is 31.9. The molecule has 1 aliphatic carbocycles. The van der Waals surface area contributed by atoms with Gasteiger partial charge < -0.3 is 10.5 Å². The molecular formula is C11H19ClN4O4S. The van der Waals surface area contributed by atoms with Gasteiger partial charge in [-0.25, -0.2) is 17.9 Å². The second-order valence-corrected chi connectivity index (χ2v) is 6.29. The summed E-state index contributed by atoms with van der Waals surface area (Å²) >= 11 is 0. The first-order valence-corrected chi connectivity index (χ1v) is 7.90. The number of carbonyl (C=O) groups is 1. The van der Waals surface area contributed by atoms with Gasteiger partial charge in [-0.2, -0.15) is 5.10 Å². The number of hydrogen-bond acceptors (Lipinski definition) is 6. The number of esters is 1. The smallest absolute Gasteiger partial charge is 0.342 e. The molecule has 0 saturated heterocycles. The molecule has 4 N–H and O–H groups in total. The summed E-state index contributed by atoms with van der Waals surface area (Å²) in [7, 11) is -3.88. The lowest BCUT2D eigenvalue weighted by Crippen LogP contribution is -2.42. The van der Waals surface area contributed by atoms with Crippen LogP contribution in [-0.2, 0) is 14.8 Å². The number of hydrogen-bond donors (Lipinski definition) is 3. The minimum absolute atomic E-state index is 0. The molecule has 1 aromatic heterocycles. The Kier molecular flexibility index (Phi) is 6.14. The molecule has 10 heteroatoms. The SMILES string of the molecule is CCOC(=O)c1cn[nH]c1S(=O)(=O)NC(CN)C1CC1.Cl. The van der Waals surface area contributed by atoms with Gasteiger partial charge in [0.25, 0.3) is 10.0 Å². The minimum atomic E-state index is -3.88. The van der Waals surface area contributed by atoms with Crippen LogP contribution in [0.2, 0.25) is 0 Å². The first kappa shape index (κ1) is 17.9. The number of nitrogens with zero attached hydrogens (tertiary/aromatic N) is 1. The van der Waals surface area contributed by atoms with Crippen molar-refractivity contribution in [2.45, 2.75) is 30.8 Å². The number of sulfonamides is 1. The standard InChI is InChI=1S/C11H18N4O4S.ClH/c1-2-19-11(16)8-6-13-14-10(8)20(17,18)15-9(5-12)7-3-4-7;/h6-7,9,15H,2-5,12H2,1H3,(H,13,14);1H. The molecule has 1 atom stereocenters. The van der Waals surface area contributed by atoms with Gasteiger partial charge in [-0.15, -0.1) is 12.4 Å². The predicted molar refractivity (Wildman–Crippen MR) is 77.7 cm³/mol. The molecule has 1 aromatic rings.